The average Bonchev–Trinajstić information content (AvgIpc) is 2.49. The summed E-state index contributed by atoms with van der Waals surface area (Å²) in [6.07, 6.45) is 0. The second-order valence-electron chi connectivity index (χ2n) is 6.03. The van der Waals surface area contributed by atoms with Crippen LogP contribution in [-0.4, -0.2) is 59.9 Å². The van der Waals surface area contributed by atoms with Gasteiger partial charge in [-0.25, -0.2) is 0 Å². The lowest BCUT2D eigenvalue weighted by Gasteiger charge is -2.34. The van der Waals surface area contributed by atoms with Gasteiger partial charge >= 0.3 is 0 Å². The van der Waals surface area contributed by atoms with Crippen LogP contribution in [0.15, 0.2) is 18.2 Å². The largest absolute Gasteiger partial charge is 0.388 e. The summed E-state index contributed by atoms with van der Waals surface area (Å²) in [4.78, 5) is 12.5. The second kappa shape index (κ2) is 8.03. The molecular weight excluding hydrogens is 322 g/mol. The van der Waals surface area contributed by atoms with E-state index in [2.05, 4.69) is 10.2 Å². The Kier molecular flexibility index (Phi) is 6.32. The van der Waals surface area contributed by atoms with Crippen molar-refractivity contribution < 1.29 is 14.8 Å². The highest BCUT2D eigenvalue weighted by atomic mass is 35.5. The Morgan fingerprint density at radius 3 is 2.83 bits per heavy atom. The molecule has 0 aliphatic carbocycles. The predicted octanol–water partition coefficient (Wildman–Crippen LogP) is 1.42. The molecule has 2 N–H and O–H groups in total. The summed E-state index contributed by atoms with van der Waals surface area (Å²) in [5.41, 5.74) is -0.232. The summed E-state index contributed by atoms with van der Waals surface area (Å²) < 4.78 is 5.29. The molecule has 1 aliphatic rings. The molecule has 1 atom stereocenters. The highest BCUT2D eigenvalue weighted by molar-refractivity contribution is 6.32. The summed E-state index contributed by atoms with van der Waals surface area (Å²) in [5, 5.41) is 24.6. The van der Waals surface area contributed by atoms with Gasteiger partial charge in [-0.3, -0.25) is 15.0 Å². The van der Waals surface area contributed by atoms with Gasteiger partial charge in [0.05, 0.1) is 23.7 Å². The molecule has 23 heavy (non-hydrogen) atoms. The van der Waals surface area contributed by atoms with Crippen LogP contribution < -0.4 is 5.32 Å². The summed E-state index contributed by atoms with van der Waals surface area (Å²) in [6.45, 7) is 6.18. The zero-order valence-electron chi connectivity index (χ0n) is 13.1. The van der Waals surface area contributed by atoms with Gasteiger partial charge in [-0.1, -0.05) is 17.7 Å². The molecule has 0 amide bonds. The number of benzene rings is 1. The normalized spacial score (nSPS) is 18.6. The van der Waals surface area contributed by atoms with E-state index in [-0.39, 0.29) is 10.7 Å². The minimum atomic E-state index is -0.879. The monoisotopic (exact) mass is 343 g/mol. The van der Waals surface area contributed by atoms with Crippen LogP contribution in [0.25, 0.3) is 0 Å². The lowest BCUT2D eigenvalue weighted by molar-refractivity contribution is -0.384. The third-order valence-electron chi connectivity index (χ3n) is 3.71. The minimum absolute atomic E-state index is 0.106. The van der Waals surface area contributed by atoms with Crippen LogP contribution >= 0.6 is 11.6 Å². The summed E-state index contributed by atoms with van der Waals surface area (Å²) >= 11 is 5.79. The molecule has 1 aromatic carbocycles. The molecule has 0 bridgehead atoms. The number of halogens is 1. The Labute approximate surface area is 140 Å². The molecule has 7 nitrogen and oxygen atoms in total. The molecule has 0 saturated carbocycles. The van der Waals surface area contributed by atoms with Gasteiger partial charge in [0.15, 0.2) is 0 Å². The Morgan fingerprint density at radius 1 is 1.48 bits per heavy atom. The number of nitrogens with zero attached hydrogens (tertiary/aromatic N) is 2. The number of aliphatic hydroxyl groups is 1. The number of β-amino-alcohol motifs (C(OH)–C–C–N with tert-alkyl or cyclic N) is 1. The molecule has 0 radical (unpaired) electrons. The maximum atomic E-state index is 10.9. The van der Waals surface area contributed by atoms with Gasteiger partial charge in [0.1, 0.15) is 5.02 Å². The van der Waals surface area contributed by atoms with E-state index in [1.165, 1.54) is 12.1 Å². The third-order valence-corrected chi connectivity index (χ3v) is 4.03. The van der Waals surface area contributed by atoms with Crippen LogP contribution in [0.5, 0.6) is 0 Å². The van der Waals surface area contributed by atoms with E-state index >= 15 is 0 Å². The number of morpholine rings is 1. The summed E-state index contributed by atoms with van der Waals surface area (Å²) in [7, 11) is 0. The maximum Gasteiger partial charge on any atom is 0.288 e. The Hall–Kier alpha value is -1.25. The smallest absolute Gasteiger partial charge is 0.288 e. The summed E-state index contributed by atoms with van der Waals surface area (Å²) in [6, 6.07) is 4.70. The van der Waals surface area contributed by atoms with Crippen molar-refractivity contribution >= 4 is 17.3 Å². The fraction of sp³-hybridized carbons (Fsp3) is 0.600. The van der Waals surface area contributed by atoms with Gasteiger partial charge in [0, 0.05) is 38.8 Å². The van der Waals surface area contributed by atoms with Crippen molar-refractivity contribution in [2.75, 3.05) is 39.4 Å². The molecule has 0 spiro atoms. The molecule has 128 valence electrons. The van der Waals surface area contributed by atoms with E-state index in [1.807, 2.05) is 0 Å². The van der Waals surface area contributed by atoms with Crippen molar-refractivity contribution in [3.63, 3.8) is 0 Å². The Bertz CT molecular complexity index is 548. The van der Waals surface area contributed by atoms with E-state index in [0.717, 1.165) is 18.7 Å². The first-order chi connectivity index (χ1) is 10.9. The number of hydrogen-bond donors (Lipinski definition) is 2. The molecule has 1 saturated heterocycles. The van der Waals surface area contributed by atoms with Crippen molar-refractivity contribution in [2.45, 2.75) is 19.1 Å². The number of hydrogen-bond acceptors (Lipinski definition) is 6. The number of nitro groups is 1. The molecule has 2 rings (SSSR count). The molecule has 1 aliphatic heterocycles. The number of ether oxygens (including phenoxy) is 1. The van der Waals surface area contributed by atoms with Gasteiger partial charge in [-0.15, -0.1) is 0 Å². The van der Waals surface area contributed by atoms with E-state index < -0.39 is 10.5 Å². The van der Waals surface area contributed by atoms with Gasteiger partial charge in [-0.2, -0.15) is 0 Å². The first-order valence-corrected chi connectivity index (χ1v) is 7.91. The van der Waals surface area contributed by atoms with Gasteiger partial charge in [0.2, 0.25) is 0 Å². The first kappa shape index (κ1) is 18.1. The van der Waals surface area contributed by atoms with Crippen LogP contribution in [0.2, 0.25) is 5.02 Å². The molecule has 0 aromatic heterocycles. The van der Waals surface area contributed by atoms with Crippen LogP contribution in [-0.2, 0) is 11.3 Å². The van der Waals surface area contributed by atoms with Crippen LogP contribution in [0.4, 0.5) is 5.69 Å². The van der Waals surface area contributed by atoms with E-state index in [1.54, 1.807) is 13.0 Å². The topological polar surface area (TPSA) is 87.9 Å². The molecular formula is C15H22ClN3O4. The van der Waals surface area contributed by atoms with Crippen molar-refractivity contribution in [1.29, 1.82) is 0 Å². The number of nitro benzene ring substituents is 1. The predicted molar refractivity (Wildman–Crippen MR) is 87.7 cm³/mol. The molecule has 1 aromatic rings. The van der Waals surface area contributed by atoms with Crippen LogP contribution in [0.3, 0.4) is 0 Å². The molecule has 1 fully saturated rings. The van der Waals surface area contributed by atoms with Gasteiger partial charge < -0.3 is 15.2 Å². The van der Waals surface area contributed by atoms with E-state index in [0.29, 0.717) is 32.8 Å². The zero-order chi connectivity index (χ0) is 16.9. The second-order valence-corrected chi connectivity index (χ2v) is 6.44. The number of nitrogens with one attached hydrogen (secondary N) is 1. The maximum absolute atomic E-state index is 10.9. The lowest BCUT2D eigenvalue weighted by atomic mass is 10.1. The Balaban J connectivity index is 1.83. The first-order valence-electron chi connectivity index (χ1n) is 7.53. The average molecular weight is 344 g/mol. The number of rotatable bonds is 7. The van der Waals surface area contributed by atoms with Crippen molar-refractivity contribution in [3.8, 4) is 0 Å². The third kappa shape index (κ3) is 5.71. The molecule has 1 unspecified atom stereocenters. The highest BCUT2D eigenvalue weighted by Gasteiger charge is 2.25. The summed E-state index contributed by atoms with van der Waals surface area (Å²) in [5.74, 6) is 0. The van der Waals surface area contributed by atoms with E-state index in [4.69, 9.17) is 16.3 Å². The fourth-order valence-corrected chi connectivity index (χ4v) is 2.77. The zero-order valence-corrected chi connectivity index (χ0v) is 13.9. The standard InChI is InChI=1S/C15H22ClN3O4/c1-15(20,11-18-4-6-23-7-5-18)10-17-9-12-2-3-13(16)14(8-12)19(21)22/h2-3,8,17,20H,4-7,9-11H2,1H3. The van der Waals surface area contributed by atoms with Crippen LogP contribution in [0.1, 0.15) is 12.5 Å². The van der Waals surface area contributed by atoms with Crippen molar-refractivity contribution in [3.05, 3.63) is 38.9 Å². The molecule has 8 heteroatoms. The van der Waals surface area contributed by atoms with Gasteiger partial charge in [0.25, 0.3) is 5.69 Å². The quantitative estimate of drug-likeness (QED) is 0.575. The van der Waals surface area contributed by atoms with Gasteiger partial charge in [-0.05, 0) is 18.6 Å². The fourth-order valence-electron chi connectivity index (χ4n) is 2.58. The van der Waals surface area contributed by atoms with Crippen LogP contribution in [0, 0.1) is 10.1 Å². The molecule has 1 heterocycles. The SMILES string of the molecule is CC(O)(CNCc1ccc(Cl)c([N+](=O)[O-])c1)CN1CCOCC1. The van der Waals surface area contributed by atoms with Crippen molar-refractivity contribution in [1.82, 2.24) is 10.2 Å². The minimum Gasteiger partial charge on any atom is -0.388 e. The van der Waals surface area contributed by atoms with E-state index in [9.17, 15) is 15.2 Å². The Morgan fingerprint density at radius 2 is 2.17 bits per heavy atom. The van der Waals surface area contributed by atoms with Crippen molar-refractivity contribution in [2.24, 2.45) is 0 Å². The lowest BCUT2D eigenvalue weighted by Crippen LogP contribution is -2.50. The highest BCUT2D eigenvalue weighted by Crippen LogP contribution is 2.25.